The summed E-state index contributed by atoms with van der Waals surface area (Å²) in [6.45, 7) is 0.555. The highest BCUT2D eigenvalue weighted by Crippen LogP contribution is 2.43. The number of hydrogen-bond donors (Lipinski definition) is 2. The lowest BCUT2D eigenvalue weighted by Crippen LogP contribution is -2.13. The maximum absolute atomic E-state index is 12.7. The molecular weight excluding hydrogens is 302 g/mol. The van der Waals surface area contributed by atoms with Gasteiger partial charge in [0.15, 0.2) is 5.65 Å². The van der Waals surface area contributed by atoms with Crippen molar-refractivity contribution in [2.75, 3.05) is 11.9 Å². The van der Waals surface area contributed by atoms with Crippen LogP contribution < -0.4 is 11.1 Å². The molecule has 1 aromatic carbocycles. The van der Waals surface area contributed by atoms with E-state index in [4.69, 9.17) is 5.73 Å². The molecule has 2 heterocycles. The molecule has 0 aliphatic heterocycles. The fourth-order valence-corrected chi connectivity index (χ4v) is 2.92. The number of carbonyl (C=O) groups is 1. The minimum Gasteiger partial charge on any atom is -0.330 e. The molecule has 1 saturated carbocycles. The molecule has 0 spiro atoms. The van der Waals surface area contributed by atoms with Crippen molar-refractivity contribution in [2.45, 2.75) is 25.2 Å². The van der Waals surface area contributed by atoms with E-state index in [9.17, 15) is 4.79 Å². The summed E-state index contributed by atoms with van der Waals surface area (Å²) in [6, 6.07) is 7.98. The minimum absolute atomic E-state index is 0.183. The standard InChI is InChI=1S/C18H19N5O/c19-8-7-12-9-20-17-15(10-21-23(17)11-12)18(24)22-16-4-2-1-3-14(16)13-5-6-13/h1-4,9-11,13H,5-8,19H2,(H,22,24). The number of aromatic nitrogens is 3. The van der Waals surface area contributed by atoms with Crippen molar-refractivity contribution in [3.63, 3.8) is 0 Å². The number of carbonyl (C=O) groups excluding carboxylic acids is 1. The summed E-state index contributed by atoms with van der Waals surface area (Å²) >= 11 is 0. The fraction of sp³-hybridized carbons (Fsp3) is 0.278. The summed E-state index contributed by atoms with van der Waals surface area (Å²) in [7, 11) is 0. The highest BCUT2D eigenvalue weighted by Gasteiger charge is 2.26. The number of anilines is 1. The van der Waals surface area contributed by atoms with Gasteiger partial charge in [-0.05, 0) is 48.9 Å². The number of nitrogens with one attached hydrogen (secondary N) is 1. The van der Waals surface area contributed by atoms with Gasteiger partial charge in [-0.3, -0.25) is 4.79 Å². The van der Waals surface area contributed by atoms with Gasteiger partial charge in [-0.25, -0.2) is 9.50 Å². The molecule has 6 nitrogen and oxygen atoms in total. The monoisotopic (exact) mass is 321 g/mol. The lowest BCUT2D eigenvalue weighted by Gasteiger charge is -2.09. The maximum Gasteiger partial charge on any atom is 0.261 e. The summed E-state index contributed by atoms with van der Waals surface area (Å²) in [5.74, 6) is 0.388. The summed E-state index contributed by atoms with van der Waals surface area (Å²) in [4.78, 5) is 17.0. The Kier molecular flexibility index (Phi) is 3.74. The number of para-hydroxylation sites is 1. The average Bonchev–Trinajstić information content (AvgIpc) is 3.35. The van der Waals surface area contributed by atoms with E-state index >= 15 is 0 Å². The summed E-state index contributed by atoms with van der Waals surface area (Å²) < 4.78 is 1.63. The van der Waals surface area contributed by atoms with E-state index in [-0.39, 0.29) is 5.91 Å². The maximum atomic E-state index is 12.7. The largest absolute Gasteiger partial charge is 0.330 e. The Morgan fingerprint density at radius 1 is 1.29 bits per heavy atom. The Balaban J connectivity index is 1.62. The van der Waals surface area contributed by atoms with E-state index in [1.54, 1.807) is 16.9 Å². The lowest BCUT2D eigenvalue weighted by atomic mass is 10.1. The molecule has 0 radical (unpaired) electrons. The predicted molar refractivity (Wildman–Crippen MR) is 92.1 cm³/mol. The van der Waals surface area contributed by atoms with Crippen LogP contribution in [0.15, 0.2) is 42.9 Å². The van der Waals surface area contributed by atoms with Crippen LogP contribution in [0.25, 0.3) is 5.65 Å². The van der Waals surface area contributed by atoms with Gasteiger partial charge in [0.1, 0.15) is 5.56 Å². The van der Waals surface area contributed by atoms with Crippen LogP contribution in [0.2, 0.25) is 0 Å². The zero-order chi connectivity index (χ0) is 16.5. The van der Waals surface area contributed by atoms with Crippen LogP contribution >= 0.6 is 0 Å². The van der Waals surface area contributed by atoms with Gasteiger partial charge in [-0.1, -0.05) is 18.2 Å². The van der Waals surface area contributed by atoms with Crippen molar-refractivity contribution < 1.29 is 4.79 Å². The molecule has 2 aromatic heterocycles. The average molecular weight is 321 g/mol. The van der Waals surface area contributed by atoms with Gasteiger partial charge >= 0.3 is 0 Å². The number of nitrogens with two attached hydrogens (primary N) is 1. The normalized spacial score (nSPS) is 14.0. The number of hydrogen-bond acceptors (Lipinski definition) is 4. The third kappa shape index (κ3) is 2.76. The van der Waals surface area contributed by atoms with E-state index < -0.39 is 0 Å². The number of rotatable bonds is 5. The summed E-state index contributed by atoms with van der Waals surface area (Å²) in [6.07, 6.45) is 8.29. The number of amides is 1. The first-order valence-corrected chi connectivity index (χ1v) is 8.19. The summed E-state index contributed by atoms with van der Waals surface area (Å²) in [5, 5.41) is 7.26. The van der Waals surface area contributed by atoms with Crippen LogP contribution in [0.4, 0.5) is 5.69 Å². The lowest BCUT2D eigenvalue weighted by molar-refractivity contribution is 0.102. The zero-order valence-electron chi connectivity index (χ0n) is 13.3. The Morgan fingerprint density at radius 3 is 2.92 bits per heavy atom. The van der Waals surface area contributed by atoms with Gasteiger partial charge in [-0.2, -0.15) is 5.10 Å². The predicted octanol–water partition coefficient (Wildman–Crippen LogP) is 2.36. The summed E-state index contributed by atoms with van der Waals surface area (Å²) in [5.41, 5.74) is 9.68. The molecule has 0 atom stereocenters. The van der Waals surface area contributed by atoms with Gasteiger partial charge in [-0.15, -0.1) is 0 Å². The highest BCUT2D eigenvalue weighted by atomic mass is 16.1. The second-order valence-electron chi connectivity index (χ2n) is 6.14. The first-order valence-electron chi connectivity index (χ1n) is 8.19. The Labute approximate surface area is 139 Å². The van der Waals surface area contributed by atoms with Crippen LogP contribution in [0.3, 0.4) is 0 Å². The Bertz CT molecular complexity index is 897. The molecule has 1 aliphatic carbocycles. The SMILES string of the molecule is NCCc1cnc2c(C(=O)Nc3ccccc3C3CC3)cnn2c1. The van der Waals surface area contributed by atoms with Crippen molar-refractivity contribution in [3.05, 3.63) is 59.5 Å². The second kappa shape index (κ2) is 6.05. The van der Waals surface area contributed by atoms with E-state index in [1.165, 1.54) is 18.4 Å². The van der Waals surface area contributed by atoms with Crippen molar-refractivity contribution in [2.24, 2.45) is 5.73 Å². The van der Waals surface area contributed by atoms with Gasteiger partial charge < -0.3 is 11.1 Å². The Hall–Kier alpha value is -2.73. The molecule has 1 aliphatic rings. The van der Waals surface area contributed by atoms with Gasteiger partial charge in [0.05, 0.1) is 6.20 Å². The van der Waals surface area contributed by atoms with Gasteiger partial charge in [0, 0.05) is 18.1 Å². The van der Waals surface area contributed by atoms with E-state index in [0.717, 1.165) is 17.7 Å². The molecule has 4 rings (SSSR count). The molecule has 0 bridgehead atoms. The van der Waals surface area contributed by atoms with E-state index in [2.05, 4.69) is 21.5 Å². The van der Waals surface area contributed by atoms with Gasteiger partial charge in [0.25, 0.3) is 5.91 Å². The minimum atomic E-state index is -0.183. The molecule has 0 unspecified atom stereocenters. The van der Waals surface area contributed by atoms with Crippen molar-refractivity contribution in [1.82, 2.24) is 14.6 Å². The van der Waals surface area contributed by atoms with Crippen molar-refractivity contribution in [3.8, 4) is 0 Å². The third-order valence-corrected chi connectivity index (χ3v) is 4.31. The molecule has 3 N–H and O–H groups in total. The Morgan fingerprint density at radius 2 is 2.12 bits per heavy atom. The zero-order valence-corrected chi connectivity index (χ0v) is 13.3. The van der Waals surface area contributed by atoms with Crippen molar-refractivity contribution in [1.29, 1.82) is 0 Å². The molecule has 3 aromatic rings. The molecule has 6 heteroatoms. The third-order valence-electron chi connectivity index (χ3n) is 4.31. The second-order valence-corrected chi connectivity index (χ2v) is 6.14. The molecule has 122 valence electrons. The van der Waals surface area contributed by atoms with E-state index in [0.29, 0.717) is 23.7 Å². The fourth-order valence-electron chi connectivity index (χ4n) is 2.92. The highest BCUT2D eigenvalue weighted by molar-refractivity contribution is 6.08. The van der Waals surface area contributed by atoms with Gasteiger partial charge in [0.2, 0.25) is 0 Å². The van der Waals surface area contributed by atoms with Crippen molar-refractivity contribution >= 4 is 17.2 Å². The quantitative estimate of drug-likeness (QED) is 0.755. The number of fused-ring (bicyclic) bond motifs is 1. The first kappa shape index (κ1) is 14.8. The van der Waals surface area contributed by atoms with E-state index in [1.807, 2.05) is 24.4 Å². The molecule has 0 saturated heterocycles. The van der Waals surface area contributed by atoms with Crippen LogP contribution in [0.1, 0.15) is 40.2 Å². The topological polar surface area (TPSA) is 85.3 Å². The van der Waals surface area contributed by atoms with Crippen LogP contribution in [0, 0.1) is 0 Å². The smallest absolute Gasteiger partial charge is 0.261 e. The van der Waals surface area contributed by atoms with Crippen LogP contribution in [-0.2, 0) is 6.42 Å². The molecule has 1 amide bonds. The number of benzene rings is 1. The number of nitrogens with zero attached hydrogens (tertiary/aromatic N) is 3. The first-order chi connectivity index (χ1) is 11.8. The van der Waals surface area contributed by atoms with Crippen LogP contribution in [-0.4, -0.2) is 27.0 Å². The van der Waals surface area contributed by atoms with Crippen LogP contribution in [0.5, 0.6) is 0 Å². The molecule has 1 fully saturated rings. The molecule has 24 heavy (non-hydrogen) atoms. The molecular formula is C18H19N5O.